The Labute approximate surface area is 183 Å². The average molecular weight is 427 g/mol. The average Bonchev–Trinajstić information content (AvgIpc) is 2.78. The fourth-order valence-corrected chi connectivity index (χ4v) is 3.72. The minimum atomic E-state index is -0.689. The molecule has 8 heteroatoms. The van der Waals surface area contributed by atoms with Crippen LogP contribution in [0.5, 0.6) is 11.5 Å². The Morgan fingerprint density at radius 3 is 2.61 bits per heavy atom. The van der Waals surface area contributed by atoms with Crippen LogP contribution in [0, 0.1) is 6.92 Å². The van der Waals surface area contributed by atoms with Gasteiger partial charge in [0, 0.05) is 44.0 Å². The predicted octanol–water partition coefficient (Wildman–Crippen LogP) is 2.26. The molecule has 1 aliphatic heterocycles. The number of rotatable bonds is 6. The van der Waals surface area contributed by atoms with E-state index in [0.29, 0.717) is 36.7 Å². The molecular weight excluding hydrogens is 396 g/mol. The van der Waals surface area contributed by atoms with Gasteiger partial charge < -0.3 is 24.6 Å². The summed E-state index contributed by atoms with van der Waals surface area (Å²) in [7, 11) is 3.07. The number of hydrogen-bond donors (Lipinski definition) is 1. The summed E-state index contributed by atoms with van der Waals surface area (Å²) >= 11 is 0. The summed E-state index contributed by atoms with van der Waals surface area (Å²) in [4.78, 5) is 33.6. The fraction of sp³-hybridized carbons (Fsp3) is 0.435. The minimum absolute atomic E-state index is 0.0205. The number of pyridine rings is 1. The van der Waals surface area contributed by atoms with Crippen molar-refractivity contribution in [2.75, 3.05) is 38.7 Å². The first kappa shape index (κ1) is 22.4. The Morgan fingerprint density at radius 2 is 1.97 bits per heavy atom. The molecule has 1 fully saturated rings. The highest BCUT2D eigenvalue weighted by Crippen LogP contribution is 2.29. The first-order valence-electron chi connectivity index (χ1n) is 10.4. The summed E-state index contributed by atoms with van der Waals surface area (Å²) in [6.45, 7) is 7.75. The van der Waals surface area contributed by atoms with Gasteiger partial charge in [-0.1, -0.05) is 6.07 Å². The van der Waals surface area contributed by atoms with Crippen LogP contribution in [0.4, 0.5) is 5.82 Å². The van der Waals surface area contributed by atoms with Crippen LogP contribution in [0.1, 0.15) is 29.9 Å². The lowest BCUT2D eigenvalue weighted by molar-refractivity contribution is -0.140. The lowest BCUT2D eigenvalue weighted by atomic mass is 10.1. The topological polar surface area (TPSA) is 84.0 Å². The third kappa shape index (κ3) is 5.07. The third-order valence-corrected chi connectivity index (χ3v) is 5.41. The highest BCUT2D eigenvalue weighted by molar-refractivity contribution is 5.94. The molecule has 1 saturated heterocycles. The maximum absolute atomic E-state index is 13.1. The van der Waals surface area contributed by atoms with Gasteiger partial charge in [0.2, 0.25) is 0 Å². The highest BCUT2D eigenvalue weighted by Gasteiger charge is 2.32. The second kappa shape index (κ2) is 9.68. The van der Waals surface area contributed by atoms with Crippen LogP contribution in [0.2, 0.25) is 0 Å². The number of piperazine rings is 1. The van der Waals surface area contributed by atoms with Gasteiger partial charge in [-0.25, -0.2) is 4.98 Å². The first-order chi connectivity index (χ1) is 14.8. The summed E-state index contributed by atoms with van der Waals surface area (Å²) < 4.78 is 11.3. The van der Waals surface area contributed by atoms with E-state index < -0.39 is 6.10 Å². The number of amides is 2. The molecule has 1 aromatic heterocycles. The van der Waals surface area contributed by atoms with Crippen molar-refractivity contribution >= 4 is 17.6 Å². The van der Waals surface area contributed by atoms with E-state index in [0.717, 1.165) is 11.5 Å². The van der Waals surface area contributed by atoms with Crippen molar-refractivity contribution in [2.24, 2.45) is 0 Å². The first-order valence-corrected chi connectivity index (χ1v) is 10.4. The number of aromatic nitrogens is 1. The van der Waals surface area contributed by atoms with Gasteiger partial charge in [0.15, 0.2) is 17.6 Å². The van der Waals surface area contributed by atoms with E-state index in [-0.39, 0.29) is 17.9 Å². The SMILES string of the molecule is CNC(=O)c1ccc(O[C@@H](C)C(=O)N2CCN(c3cccc(C)n3)C[C@H]2C)c(OC)c1. The van der Waals surface area contributed by atoms with Gasteiger partial charge in [0.1, 0.15) is 5.82 Å². The van der Waals surface area contributed by atoms with E-state index in [4.69, 9.17) is 9.47 Å². The number of anilines is 1. The van der Waals surface area contributed by atoms with Gasteiger partial charge in [-0.05, 0) is 51.1 Å². The molecule has 0 saturated carbocycles. The summed E-state index contributed by atoms with van der Waals surface area (Å²) in [5, 5.41) is 2.57. The van der Waals surface area contributed by atoms with Crippen LogP contribution >= 0.6 is 0 Å². The largest absolute Gasteiger partial charge is 0.493 e. The van der Waals surface area contributed by atoms with E-state index in [1.165, 1.54) is 7.11 Å². The number of carbonyl (C=O) groups is 2. The van der Waals surface area contributed by atoms with Crippen LogP contribution < -0.4 is 19.7 Å². The van der Waals surface area contributed by atoms with Crippen molar-refractivity contribution < 1.29 is 19.1 Å². The molecule has 0 unspecified atom stereocenters. The Hall–Kier alpha value is -3.29. The second-order valence-corrected chi connectivity index (χ2v) is 7.67. The highest BCUT2D eigenvalue weighted by atomic mass is 16.5. The van der Waals surface area contributed by atoms with Crippen molar-refractivity contribution in [1.82, 2.24) is 15.2 Å². The van der Waals surface area contributed by atoms with Gasteiger partial charge in [-0.3, -0.25) is 9.59 Å². The molecule has 0 aliphatic carbocycles. The number of benzene rings is 1. The molecule has 2 aromatic rings. The van der Waals surface area contributed by atoms with Crippen molar-refractivity contribution in [3.05, 3.63) is 47.7 Å². The minimum Gasteiger partial charge on any atom is -0.493 e. The number of methoxy groups -OCH3 is 1. The molecule has 8 nitrogen and oxygen atoms in total. The summed E-state index contributed by atoms with van der Waals surface area (Å²) in [5.41, 5.74) is 1.43. The number of aryl methyl sites for hydroxylation is 1. The van der Waals surface area contributed by atoms with Crippen molar-refractivity contribution in [3.63, 3.8) is 0 Å². The maximum Gasteiger partial charge on any atom is 0.263 e. The molecule has 166 valence electrons. The van der Waals surface area contributed by atoms with Gasteiger partial charge in [-0.2, -0.15) is 0 Å². The lowest BCUT2D eigenvalue weighted by Gasteiger charge is -2.41. The zero-order valence-corrected chi connectivity index (χ0v) is 18.7. The second-order valence-electron chi connectivity index (χ2n) is 7.67. The molecule has 0 spiro atoms. The van der Waals surface area contributed by atoms with E-state index in [1.807, 2.05) is 36.9 Å². The lowest BCUT2D eigenvalue weighted by Crippen LogP contribution is -2.56. The Balaban J connectivity index is 1.66. The maximum atomic E-state index is 13.1. The van der Waals surface area contributed by atoms with Gasteiger partial charge in [0.05, 0.1) is 7.11 Å². The number of ether oxygens (including phenoxy) is 2. The Bertz CT molecular complexity index is 949. The summed E-state index contributed by atoms with van der Waals surface area (Å²) in [6.07, 6.45) is -0.689. The molecule has 1 N–H and O–H groups in total. The van der Waals surface area contributed by atoms with E-state index >= 15 is 0 Å². The number of nitrogens with zero attached hydrogens (tertiary/aromatic N) is 3. The fourth-order valence-electron chi connectivity index (χ4n) is 3.72. The van der Waals surface area contributed by atoms with Crippen LogP contribution in [0.15, 0.2) is 36.4 Å². The van der Waals surface area contributed by atoms with Crippen LogP contribution in [-0.4, -0.2) is 67.6 Å². The van der Waals surface area contributed by atoms with E-state index in [2.05, 4.69) is 15.2 Å². The third-order valence-electron chi connectivity index (χ3n) is 5.41. The Morgan fingerprint density at radius 1 is 1.19 bits per heavy atom. The van der Waals surface area contributed by atoms with E-state index in [1.54, 1.807) is 32.2 Å². The molecule has 3 rings (SSSR count). The van der Waals surface area contributed by atoms with Crippen LogP contribution in [0.3, 0.4) is 0 Å². The molecule has 2 heterocycles. The summed E-state index contributed by atoms with van der Waals surface area (Å²) in [5.74, 6) is 1.46. The Kier molecular flexibility index (Phi) is 6.99. The molecule has 2 atom stereocenters. The van der Waals surface area contributed by atoms with Gasteiger partial charge in [0.25, 0.3) is 11.8 Å². The van der Waals surface area contributed by atoms with Crippen molar-refractivity contribution in [3.8, 4) is 11.5 Å². The molecule has 2 amide bonds. The van der Waals surface area contributed by atoms with Gasteiger partial charge in [-0.15, -0.1) is 0 Å². The van der Waals surface area contributed by atoms with Crippen LogP contribution in [-0.2, 0) is 4.79 Å². The zero-order valence-electron chi connectivity index (χ0n) is 18.7. The summed E-state index contributed by atoms with van der Waals surface area (Å²) in [6, 6.07) is 10.9. The predicted molar refractivity (Wildman–Crippen MR) is 119 cm³/mol. The zero-order chi connectivity index (χ0) is 22.5. The molecular formula is C23H30N4O4. The van der Waals surface area contributed by atoms with E-state index in [9.17, 15) is 9.59 Å². The molecule has 1 aliphatic rings. The molecule has 31 heavy (non-hydrogen) atoms. The quantitative estimate of drug-likeness (QED) is 0.763. The van der Waals surface area contributed by atoms with Crippen LogP contribution in [0.25, 0.3) is 0 Å². The molecule has 1 aromatic carbocycles. The van der Waals surface area contributed by atoms with Gasteiger partial charge >= 0.3 is 0 Å². The standard InChI is InChI=1S/C23H30N4O4/c1-15-7-6-8-21(25-15)26-11-12-27(16(2)14-26)23(29)17(3)31-19-10-9-18(22(28)24-4)13-20(19)30-5/h6-10,13,16-17H,11-12,14H2,1-5H3,(H,24,28)/t16-,17+/m1/s1. The van der Waals surface area contributed by atoms with Crippen molar-refractivity contribution in [2.45, 2.75) is 32.9 Å². The van der Waals surface area contributed by atoms with Crippen molar-refractivity contribution in [1.29, 1.82) is 0 Å². The number of nitrogens with one attached hydrogen (secondary N) is 1. The molecule has 0 radical (unpaired) electrons. The monoisotopic (exact) mass is 426 g/mol. The molecule has 0 bridgehead atoms. The number of carbonyl (C=O) groups excluding carboxylic acids is 2. The normalized spacial score (nSPS) is 17.1. The number of hydrogen-bond acceptors (Lipinski definition) is 6. The smallest absolute Gasteiger partial charge is 0.263 e.